The number of nitrogens with one attached hydrogen (secondary N) is 3. The van der Waals surface area contributed by atoms with Gasteiger partial charge in [-0.3, -0.25) is 0 Å². The highest BCUT2D eigenvalue weighted by Crippen LogP contribution is 2.27. The van der Waals surface area contributed by atoms with Crippen LogP contribution in [0.5, 0.6) is 17.5 Å². The fraction of sp³-hybridized carbons (Fsp3) is 0.452. The average molecular weight is 744 g/mol. The zero-order chi connectivity index (χ0) is 35.2. The maximum absolute atomic E-state index is 12.9. The molecule has 0 aliphatic rings. The van der Waals surface area contributed by atoms with Crippen LogP contribution in [0, 0.1) is 0 Å². The quantitative estimate of drug-likeness (QED) is 0.0795. The molecule has 3 aromatic rings. The zero-order valence-electron chi connectivity index (χ0n) is 26.9. The predicted molar refractivity (Wildman–Crippen MR) is 174 cm³/mol. The zero-order valence-corrected chi connectivity index (χ0v) is 28.5. The van der Waals surface area contributed by atoms with Crippen molar-refractivity contribution in [2.24, 2.45) is 0 Å². The molecule has 17 heteroatoms. The molecule has 1 amide bonds. The van der Waals surface area contributed by atoms with E-state index in [0.717, 1.165) is 17.3 Å². The van der Waals surface area contributed by atoms with Crippen molar-refractivity contribution >= 4 is 45.6 Å². The number of amides is 1. The first-order valence-electron chi connectivity index (χ1n) is 14.8. The van der Waals surface area contributed by atoms with Gasteiger partial charge in [0.1, 0.15) is 22.7 Å². The van der Waals surface area contributed by atoms with Crippen LogP contribution in [0.25, 0.3) is 0 Å². The average Bonchev–Trinajstić information content (AvgIpc) is 3.02. The van der Waals surface area contributed by atoms with Crippen LogP contribution in [0.3, 0.4) is 0 Å². The second-order valence-electron chi connectivity index (χ2n) is 11.0. The van der Waals surface area contributed by atoms with Gasteiger partial charge in [-0.05, 0) is 63.4 Å². The molecule has 3 rings (SSSR count). The number of methoxy groups -OCH3 is 1. The summed E-state index contributed by atoms with van der Waals surface area (Å²) >= 11 is 3.35. The molecule has 3 N–H and O–H groups in total. The third kappa shape index (κ3) is 14.1. The van der Waals surface area contributed by atoms with Gasteiger partial charge >= 0.3 is 24.2 Å². The Hall–Kier alpha value is -4.54. The van der Waals surface area contributed by atoms with E-state index in [1.54, 1.807) is 32.9 Å². The van der Waals surface area contributed by atoms with Crippen molar-refractivity contribution in [2.45, 2.75) is 51.9 Å². The van der Waals surface area contributed by atoms with Gasteiger partial charge in [0.25, 0.3) is 0 Å². The molecule has 1 heterocycles. The smallest absolute Gasteiger partial charge is 0.422 e. The van der Waals surface area contributed by atoms with Gasteiger partial charge in [0.05, 0.1) is 20.3 Å². The Bertz CT molecular complexity index is 1490. The summed E-state index contributed by atoms with van der Waals surface area (Å²) in [5, 5.41) is 9.30. The van der Waals surface area contributed by atoms with Gasteiger partial charge in [-0.1, -0.05) is 28.1 Å². The van der Waals surface area contributed by atoms with Gasteiger partial charge in [-0.15, -0.1) is 0 Å². The van der Waals surface area contributed by atoms with Crippen LogP contribution in [-0.2, 0) is 16.0 Å². The number of carbonyl (C=O) groups excluding carboxylic acids is 2. The van der Waals surface area contributed by atoms with E-state index in [2.05, 4.69) is 46.8 Å². The molecule has 0 bridgehead atoms. The van der Waals surface area contributed by atoms with Crippen molar-refractivity contribution in [3.05, 3.63) is 53.6 Å². The largest absolute Gasteiger partial charge is 0.494 e. The second-order valence-corrected chi connectivity index (χ2v) is 11.8. The van der Waals surface area contributed by atoms with Crippen LogP contribution >= 0.6 is 15.9 Å². The van der Waals surface area contributed by atoms with E-state index in [-0.39, 0.29) is 42.9 Å². The van der Waals surface area contributed by atoms with Crippen LogP contribution in [-0.4, -0.2) is 77.6 Å². The van der Waals surface area contributed by atoms with Crippen molar-refractivity contribution < 1.29 is 46.4 Å². The molecule has 0 saturated heterocycles. The molecule has 0 aliphatic carbocycles. The number of esters is 1. The summed E-state index contributed by atoms with van der Waals surface area (Å²) in [6, 6.07) is 11.1. The number of alkyl carbamates (subject to hydrolysis) is 1. The maximum atomic E-state index is 12.9. The number of ether oxygens (including phenoxy) is 5. The Labute approximate surface area is 284 Å². The van der Waals surface area contributed by atoms with Crippen molar-refractivity contribution in [1.29, 1.82) is 0 Å². The minimum absolute atomic E-state index is 0.0533. The van der Waals surface area contributed by atoms with Crippen LogP contribution in [0.1, 0.15) is 49.5 Å². The predicted octanol–water partition coefficient (Wildman–Crippen LogP) is 6.41. The fourth-order valence-corrected chi connectivity index (χ4v) is 3.95. The van der Waals surface area contributed by atoms with Gasteiger partial charge in [0.2, 0.25) is 11.9 Å². The molecule has 48 heavy (non-hydrogen) atoms. The highest BCUT2D eigenvalue weighted by Gasteiger charge is 2.29. The van der Waals surface area contributed by atoms with E-state index in [0.29, 0.717) is 24.5 Å². The summed E-state index contributed by atoms with van der Waals surface area (Å²) in [4.78, 5) is 36.4. The summed E-state index contributed by atoms with van der Waals surface area (Å²) in [5.41, 5.74) is 0.643. The first-order chi connectivity index (χ1) is 22.7. The van der Waals surface area contributed by atoms with E-state index >= 15 is 0 Å². The summed E-state index contributed by atoms with van der Waals surface area (Å²) in [7, 11) is 1.22. The van der Waals surface area contributed by atoms with Crippen molar-refractivity contribution in [1.82, 2.24) is 20.3 Å². The van der Waals surface area contributed by atoms with E-state index in [9.17, 15) is 22.8 Å². The van der Waals surface area contributed by atoms with Gasteiger partial charge in [-0.25, -0.2) is 9.59 Å². The van der Waals surface area contributed by atoms with Crippen molar-refractivity contribution in [3.8, 4) is 17.5 Å². The highest BCUT2D eigenvalue weighted by atomic mass is 79.9. The lowest BCUT2D eigenvalue weighted by Gasteiger charge is -2.19. The number of aromatic nitrogens is 3. The maximum Gasteiger partial charge on any atom is 0.422 e. The Morgan fingerprint density at radius 1 is 0.896 bits per heavy atom. The van der Waals surface area contributed by atoms with Crippen LogP contribution in [0.4, 0.5) is 35.5 Å². The number of alkyl halides is 4. The number of rotatable bonds is 17. The number of benzene rings is 2. The van der Waals surface area contributed by atoms with E-state index < -0.39 is 36.5 Å². The molecule has 0 fully saturated rings. The molecule has 1 aromatic heterocycles. The van der Waals surface area contributed by atoms with E-state index in [1.807, 2.05) is 12.1 Å². The molecule has 0 aliphatic heterocycles. The number of halogens is 4. The lowest BCUT2D eigenvalue weighted by molar-refractivity contribution is -0.154. The van der Waals surface area contributed by atoms with Crippen molar-refractivity contribution in [3.63, 3.8) is 0 Å². The van der Waals surface area contributed by atoms with Crippen LogP contribution < -0.4 is 30.2 Å². The molecule has 0 atom stereocenters. The summed E-state index contributed by atoms with van der Waals surface area (Å²) in [6.45, 7) is 4.80. The summed E-state index contributed by atoms with van der Waals surface area (Å²) in [6.07, 6.45) is -3.95. The fourth-order valence-electron chi connectivity index (χ4n) is 3.72. The molecule has 13 nitrogen and oxygen atoms in total. The third-order valence-corrected chi connectivity index (χ3v) is 6.35. The number of hydrogen-bond acceptors (Lipinski definition) is 12. The Morgan fingerprint density at radius 2 is 1.60 bits per heavy atom. The lowest BCUT2D eigenvalue weighted by atomic mass is 10.2. The highest BCUT2D eigenvalue weighted by molar-refractivity contribution is 9.09. The van der Waals surface area contributed by atoms with Crippen LogP contribution in [0.2, 0.25) is 0 Å². The minimum atomic E-state index is -4.62. The summed E-state index contributed by atoms with van der Waals surface area (Å²) in [5.74, 6) is -0.00430. The van der Waals surface area contributed by atoms with Gasteiger partial charge in [0, 0.05) is 30.2 Å². The third-order valence-electron chi connectivity index (χ3n) is 5.79. The van der Waals surface area contributed by atoms with E-state index in [1.165, 1.54) is 25.3 Å². The van der Waals surface area contributed by atoms with Gasteiger partial charge in [-0.2, -0.15) is 28.1 Å². The Balaban J connectivity index is 1.73. The normalized spacial score (nSPS) is 11.3. The standard InChI is InChI=1S/C31H38BrF3N6O7/c1-30(2,3)48-29(43)36-14-6-16-46-24-17-21(9-12-23(24)25(42)44-4)38-27-39-26(40-28(41-27)47-19-31(33,34)35)37-18-20-7-10-22(11-8-20)45-15-5-13-32/h7-12,17H,5-6,13-16,18-19H2,1-4H3,(H,36,43)(H2,37,38,39,40,41). The van der Waals surface area contributed by atoms with E-state index in [4.69, 9.17) is 23.7 Å². The number of nitrogens with zero attached hydrogens (tertiary/aromatic N) is 3. The Kier molecular flexibility index (Phi) is 14.3. The monoisotopic (exact) mass is 742 g/mol. The molecule has 0 radical (unpaired) electrons. The first kappa shape index (κ1) is 37.9. The second kappa shape index (κ2) is 18.1. The topological polar surface area (TPSA) is 155 Å². The molecule has 0 spiro atoms. The first-order valence-corrected chi connectivity index (χ1v) is 15.9. The lowest BCUT2D eigenvalue weighted by Crippen LogP contribution is -2.33. The number of hydrogen-bond donors (Lipinski definition) is 3. The van der Waals surface area contributed by atoms with Crippen LogP contribution in [0.15, 0.2) is 42.5 Å². The van der Waals surface area contributed by atoms with Gasteiger partial charge < -0.3 is 39.6 Å². The van der Waals surface area contributed by atoms with Crippen molar-refractivity contribution in [2.75, 3.05) is 49.4 Å². The van der Waals surface area contributed by atoms with Gasteiger partial charge in [0.15, 0.2) is 6.61 Å². The molecular formula is C31H38BrF3N6O7. The minimum Gasteiger partial charge on any atom is -0.494 e. The number of anilines is 3. The number of carbonyl (C=O) groups is 2. The molecule has 0 unspecified atom stereocenters. The molecule has 0 saturated carbocycles. The molecule has 262 valence electrons. The SMILES string of the molecule is COC(=O)c1ccc(Nc2nc(NCc3ccc(OCCCBr)cc3)nc(OCC(F)(F)F)n2)cc1OCCCNC(=O)OC(C)(C)C. The molecule has 2 aromatic carbocycles. The Morgan fingerprint density at radius 3 is 2.27 bits per heavy atom. The molecular weight excluding hydrogens is 705 g/mol. The summed E-state index contributed by atoms with van der Waals surface area (Å²) < 4.78 is 65.0.